The van der Waals surface area contributed by atoms with Gasteiger partial charge < -0.3 is 5.32 Å². The van der Waals surface area contributed by atoms with E-state index in [1.165, 1.54) is 0 Å². The van der Waals surface area contributed by atoms with Crippen LogP contribution in [0.5, 0.6) is 0 Å². The van der Waals surface area contributed by atoms with Gasteiger partial charge >= 0.3 is 6.03 Å². The Hall–Kier alpha value is -1.36. The van der Waals surface area contributed by atoms with Crippen molar-refractivity contribution in [3.8, 4) is 0 Å². The lowest BCUT2D eigenvalue weighted by molar-refractivity contribution is -0.120. The SMILES string of the molecule is Cc1ccc(C2NC(=O)NC2=O)cc1Br. The molecule has 0 aromatic heterocycles. The van der Waals surface area contributed by atoms with Gasteiger partial charge in [-0.1, -0.05) is 28.1 Å². The van der Waals surface area contributed by atoms with Gasteiger partial charge in [-0.25, -0.2) is 4.79 Å². The van der Waals surface area contributed by atoms with Crippen molar-refractivity contribution >= 4 is 27.9 Å². The highest BCUT2D eigenvalue weighted by Gasteiger charge is 2.30. The number of hydrogen-bond acceptors (Lipinski definition) is 2. The van der Waals surface area contributed by atoms with E-state index in [-0.39, 0.29) is 5.91 Å². The van der Waals surface area contributed by atoms with Crippen LogP contribution in [0.15, 0.2) is 22.7 Å². The van der Waals surface area contributed by atoms with Crippen LogP contribution in [0, 0.1) is 6.92 Å². The molecule has 1 unspecified atom stereocenters. The number of amides is 3. The zero-order valence-corrected chi connectivity index (χ0v) is 9.59. The molecular weight excluding hydrogens is 260 g/mol. The van der Waals surface area contributed by atoms with Gasteiger partial charge in [0.15, 0.2) is 0 Å². The number of rotatable bonds is 1. The summed E-state index contributed by atoms with van der Waals surface area (Å²) >= 11 is 3.38. The Bertz CT molecular complexity index is 445. The first-order valence-corrected chi connectivity index (χ1v) is 5.24. The van der Waals surface area contributed by atoms with Crippen LogP contribution in [0.2, 0.25) is 0 Å². The van der Waals surface area contributed by atoms with Crippen LogP contribution in [-0.4, -0.2) is 11.9 Å². The Morgan fingerprint density at radius 3 is 2.60 bits per heavy atom. The minimum absolute atomic E-state index is 0.309. The van der Waals surface area contributed by atoms with E-state index in [1.54, 1.807) is 0 Å². The Kier molecular flexibility index (Phi) is 2.48. The number of urea groups is 1. The molecule has 1 atom stereocenters. The summed E-state index contributed by atoms with van der Waals surface area (Å²) < 4.78 is 0.925. The van der Waals surface area contributed by atoms with Crippen LogP contribution in [0.25, 0.3) is 0 Å². The van der Waals surface area contributed by atoms with Crippen molar-refractivity contribution < 1.29 is 9.59 Å². The van der Waals surface area contributed by atoms with E-state index < -0.39 is 12.1 Å². The van der Waals surface area contributed by atoms with Crippen molar-refractivity contribution in [3.05, 3.63) is 33.8 Å². The number of halogens is 1. The van der Waals surface area contributed by atoms with Crippen LogP contribution >= 0.6 is 15.9 Å². The first-order chi connectivity index (χ1) is 7.08. The highest BCUT2D eigenvalue weighted by atomic mass is 79.9. The molecule has 78 valence electrons. The van der Waals surface area contributed by atoms with E-state index in [9.17, 15) is 9.59 Å². The van der Waals surface area contributed by atoms with Gasteiger partial charge in [0.25, 0.3) is 5.91 Å². The van der Waals surface area contributed by atoms with Crippen molar-refractivity contribution in [1.29, 1.82) is 0 Å². The molecule has 0 bridgehead atoms. The number of imide groups is 1. The van der Waals surface area contributed by atoms with Crippen molar-refractivity contribution in [2.45, 2.75) is 13.0 Å². The minimum atomic E-state index is -0.575. The van der Waals surface area contributed by atoms with Crippen LogP contribution in [0.1, 0.15) is 17.2 Å². The predicted octanol–water partition coefficient (Wildman–Crippen LogP) is 1.64. The molecular formula is C10H9BrN2O2. The lowest BCUT2D eigenvalue weighted by Crippen LogP contribution is -2.22. The first-order valence-electron chi connectivity index (χ1n) is 4.45. The topological polar surface area (TPSA) is 58.2 Å². The van der Waals surface area contributed by atoms with Crippen molar-refractivity contribution in [2.24, 2.45) is 0 Å². The van der Waals surface area contributed by atoms with Gasteiger partial charge in [0, 0.05) is 4.47 Å². The highest BCUT2D eigenvalue weighted by molar-refractivity contribution is 9.10. The van der Waals surface area contributed by atoms with Gasteiger partial charge in [-0.2, -0.15) is 0 Å². The smallest absolute Gasteiger partial charge is 0.322 e. The average molecular weight is 269 g/mol. The summed E-state index contributed by atoms with van der Waals surface area (Å²) in [5, 5.41) is 4.74. The van der Waals surface area contributed by atoms with Gasteiger partial charge in [0.2, 0.25) is 0 Å². The summed E-state index contributed by atoms with van der Waals surface area (Å²) in [6.07, 6.45) is 0. The second-order valence-corrected chi connectivity index (χ2v) is 4.26. The molecule has 1 heterocycles. The molecule has 2 rings (SSSR count). The zero-order valence-electron chi connectivity index (χ0n) is 8.00. The van der Waals surface area contributed by atoms with E-state index >= 15 is 0 Å². The zero-order chi connectivity index (χ0) is 11.0. The van der Waals surface area contributed by atoms with Gasteiger partial charge in [0.1, 0.15) is 6.04 Å². The summed E-state index contributed by atoms with van der Waals surface area (Å²) in [6, 6.07) is 4.55. The first kappa shape index (κ1) is 10.2. The molecule has 5 heteroatoms. The molecule has 15 heavy (non-hydrogen) atoms. The molecule has 0 aliphatic carbocycles. The quantitative estimate of drug-likeness (QED) is 0.761. The van der Waals surface area contributed by atoms with Crippen LogP contribution in [0.3, 0.4) is 0 Å². The van der Waals surface area contributed by atoms with E-state index in [4.69, 9.17) is 0 Å². The number of hydrogen-bond donors (Lipinski definition) is 2. The predicted molar refractivity (Wildman–Crippen MR) is 58.3 cm³/mol. The van der Waals surface area contributed by atoms with E-state index in [1.807, 2.05) is 25.1 Å². The molecule has 2 N–H and O–H groups in total. The van der Waals surface area contributed by atoms with Crippen LogP contribution in [-0.2, 0) is 4.79 Å². The molecule has 1 aromatic rings. The normalized spacial score (nSPS) is 20.0. The van der Waals surface area contributed by atoms with Crippen molar-refractivity contribution in [2.75, 3.05) is 0 Å². The Morgan fingerprint density at radius 2 is 2.07 bits per heavy atom. The average Bonchev–Trinajstić information content (AvgIpc) is 2.50. The molecule has 1 aromatic carbocycles. The molecule has 0 spiro atoms. The van der Waals surface area contributed by atoms with Gasteiger partial charge in [-0.3, -0.25) is 10.1 Å². The second kappa shape index (κ2) is 3.66. The molecule has 1 aliphatic heterocycles. The second-order valence-electron chi connectivity index (χ2n) is 3.40. The highest BCUT2D eigenvalue weighted by Crippen LogP contribution is 2.23. The molecule has 1 saturated heterocycles. The molecule has 0 saturated carbocycles. The lowest BCUT2D eigenvalue weighted by Gasteiger charge is -2.08. The largest absolute Gasteiger partial charge is 0.322 e. The maximum atomic E-state index is 11.4. The van der Waals surface area contributed by atoms with Crippen LogP contribution in [0.4, 0.5) is 4.79 Å². The third kappa shape index (κ3) is 1.87. The number of nitrogens with one attached hydrogen (secondary N) is 2. The summed E-state index contributed by atoms with van der Waals surface area (Å²) in [6.45, 7) is 1.96. The number of aryl methyl sites for hydroxylation is 1. The number of benzene rings is 1. The third-order valence-electron chi connectivity index (χ3n) is 2.30. The minimum Gasteiger partial charge on any atom is -0.322 e. The Morgan fingerprint density at radius 1 is 1.33 bits per heavy atom. The maximum absolute atomic E-state index is 11.4. The van der Waals surface area contributed by atoms with Crippen LogP contribution < -0.4 is 10.6 Å². The summed E-state index contributed by atoms with van der Waals surface area (Å²) in [4.78, 5) is 22.3. The van der Waals surface area contributed by atoms with Crippen molar-refractivity contribution in [3.63, 3.8) is 0 Å². The maximum Gasteiger partial charge on any atom is 0.322 e. The molecule has 1 aliphatic rings. The van der Waals surface area contributed by atoms with Gasteiger partial charge in [0.05, 0.1) is 0 Å². The summed E-state index contributed by atoms with van der Waals surface area (Å²) in [5.74, 6) is -0.309. The molecule has 0 radical (unpaired) electrons. The fourth-order valence-electron chi connectivity index (χ4n) is 1.44. The van der Waals surface area contributed by atoms with Gasteiger partial charge in [-0.15, -0.1) is 0 Å². The summed E-state index contributed by atoms with van der Waals surface area (Å²) in [5.41, 5.74) is 1.86. The van der Waals surface area contributed by atoms with E-state index in [0.717, 1.165) is 15.6 Å². The third-order valence-corrected chi connectivity index (χ3v) is 3.16. The standard InChI is InChI=1S/C10H9BrN2O2/c1-5-2-3-6(4-7(5)11)8-9(14)13-10(15)12-8/h2-4,8H,1H3,(H2,12,13,14,15). The molecule has 4 nitrogen and oxygen atoms in total. The number of carbonyl (C=O) groups excluding carboxylic acids is 2. The van der Waals surface area contributed by atoms with Gasteiger partial charge in [-0.05, 0) is 24.1 Å². The molecule has 3 amide bonds. The summed E-state index contributed by atoms with van der Waals surface area (Å²) in [7, 11) is 0. The monoisotopic (exact) mass is 268 g/mol. The number of carbonyl (C=O) groups is 2. The molecule has 1 fully saturated rings. The Balaban J connectivity index is 2.34. The van der Waals surface area contributed by atoms with E-state index in [0.29, 0.717) is 0 Å². The lowest BCUT2D eigenvalue weighted by atomic mass is 10.1. The van der Waals surface area contributed by atoms with E-state index in [2.05, 4.69) is 26.6 Å². The van der Waals surface area contributed by atoms with Crippen molar-refractivity contribution in [1.82, 2.24) is 10.6 Å². The fraction of sp³-hybridized carbons (Fsp3) is 0.200. The fourth-order valence-corrected chi connectivity index (χ4v) is 1.84. The Labute approximate surface area is 95.2 Å².